The Morgan fingerprint density at radius 3 is 1.53 bits per heavy atom. The lowest BCUT2D eigenvalue weighted by Gasteiger charge is -2.18. The van der Waals surface area contributed by atoms with Gasteiger partial charge in [-0.3, -0.25) is 0 Å². The number of fused-ring (bicyclic) bond motifs is 3. The largest absolute Gasteiger partial charge is 0.455 e. The van der Waals surface area contributed by atoms with Crippen LogP contribution in [0.3, 0.4) is 0 Å². The number of furan rings is 1. The average molecular weight is 621 g/mol. The summed E-state index contributed by atoms with van der Waals surface area (Å²) < 4.78 is 203. The zero-order chi connectivity index (χ0) is 50.3. The van der Waals surface area contributed by atoms with Gasteiger partial charge < -0.3 is 4.42 Å². The van der Waals surface area contributed by atoms with Crippen LogP contribution in [0.4, 0.5) is 0 Å². The molecule has 0 N–H and O–H groups in total. The third-order valence-corrected chi connectivity index (χ3v) is 7.83. The van der Waals surface area contributed by atoms with Crippen molar-refractivity contribution in [3.8, 4) is 55.8 Å². The van der Waals surface area contributed by atoms with Crippen molar-refractivity contribution in [2.24, 2.45) is 0 Å². The fourth-order valence-corrected chi connectivity index (χ4v) is 5.88. The van der Waals surface area contributed by atoms with Crippen LogP contribution in [0.5, 0.6) is 0 Å². The molecule has 0 aliphatic heterocycles. The van der Waals surface area contributed by atoms with Gasteiger partial charge >= 0.3 is 0 Å². The molecule has 1 heterocycles. The summed E-state index contributed by atoms with van der Waals surface area (Å²) in [5, 5.41) is -2.28. The molecule has 8 aromatic carbocycles. The second kappa shape index (κ2) is 11.3. The summed E-state index contributed by atoms with van der Waals surface area (Å²) in [6.45, 7) is 0. The Morgan fingerprint density at radius 2 is 0.894 bits per heavy atom. The molecule has 0 amide bonds. The van der Waals surface area contributed by atoms with Crippen molar-refractivity contribution in [2.45, 2.75) is 0 Å². The van der Waals surface area contributed by atoms with Gasteiger partial charge in [-0.1, -0.05) is 169 Å². The van der Waals surface area contributed by atoms with E-state index in [1.165, 1.54) is 18.2 Å². The zero-order valence-electron chi connectivity index (χ0n) is 46.0. The van der Waals surface area contributed by atoms with Crippen LogP contribution in [-0.4, -0.2) is 0 Å². The average Bonchev–Trinajstić information content (AvgIpc) is 3.71. The van der Waals surface area contributed by atoms with Crippen LogP contribution in [0.2, 0.25) is 0 Å². The molecule has 1 aromatic heterocycles. The van der Waals surface area contributed by atoms with Crippen molar-refractivity contribution >= 4 is 32.5 Å². The first kappa shape index (κ1) is 12.9. The van der Waals surface area contributed by atoms with Gasteiger partial charge in [-0.15, -0.1) is 0 Å². The molecule has 0 saturated carbocycles. The highest BCUT2D eigenvalue weighted by atomic mass is 16.3. The predicted octanol–water partition coefficient (Wildman–Crippen LogP) is 13.1. The van der Waals surface area contributed by atoms with Gasteiger partial charge in [0.05, 0.1) is 30.2 Å². The Bertz CT molecular complexity index is 3670. The number of hydrogen-bond acceptors (Lipinski definition) is 1. The van der Waals surface area contributed by atoms with Gasteiger partial charge in [0.1, 0.15) is 11.3 Å². The minimum atomic E-state index is -0.878. The molecule has 0 radical (unpaired) electrons. The highest BCUT2D eigenvalue weighted by molar-refractivity contribution is 6.25. The zero-order valence-corrected chi connectivity index (χ0v) is 24.0. The van der Waals surface area contributed by atoms with E-state index < -0.39 is 177 Å². The molecule has 9 aromatic rings. The van der Waals surface area contributed by atoms with E-state index in [0.29, 0.717) is 0 Å². The Hall–Kier alpha value is -6.18. The van der Waals surface area contributed by atoms with Gasteiger partial charge in [-0.2, -0.15) is 0 Å². The van der Waals surface area contributed by atoms with Crippen LogP contribution >= 0.6 is 0 Å². The molecule has 0 aliphatic rings. The fraction of sp³-hybridized carbons (Fsp3) is 0. The summed E-state index contributed by atoms with van der Waals surface area (Å²) in [5.41, 5.74) is -2.60. The van der Waals surface area contributed by atoms with Gasteiger partial charge in [0.15, 0.2) is 0 Å². The van der Waals surface area contributed by atoms with E-state index >= 15 is 0 Å². The van der Waals surface area contributed by atoms with Crippen LogP contribution in [0.25, 0.3) is 88.3 Å². The maximum absolute atomic E-state index is 9.61. The predicted molar refractivity (Wildman–Crippen MR) is 198 cm³/mol. The molecular formula is C46H30O. The van der Waals surface area contributed by atoms with E-state index in [1.807, 2.05) is 0 Å². The number of benzene rings is 8. The molecule has 47 heavy (non-hydrogen) atoms. The molecule has 0 unspecified atom stereocenters. The Labute approximate surface area is 304 Å². The van der Waals surface area contributed by atoms with E-state index in [1.54, 1.807) is 30.3 Å². The van der Waals surface area contributed by atoms with E-state index in [9.17, 15) is 8.22 Å². The topological polar surface area (TPSA) is 13.1 Å². The van der Waals surface area contributed by atoms with Crippen LogP contribution < -0.4 is 0 Å². The summed E-state index contributed by atoms with van der Waals surface area (Å²) in [6, 6.07) is -5.07. The highest BCUT2D eigenvalue weighted by Gasteiger charge is 2.25. The molecule has 0 atom stereocenters. The van der Waals surface area contributed by atoms with Crippen LogP contribution in [0.15, 0.2) is 186 Å². The Balaban J connectivity index is 1.66. The molecule has 0 aliphatic carbocycles. The summed E-state index contributed by atoms with van der Waals surface area (Å²) in [4.78, 5) is 0. The van der Waals surface area contributed by atoms with Crippen molar-refractivity contribution in [3.63, 3.8) is 0 Å². The van der Waals surface area contributed by atoms with E-state index in [0.717, 1.165) is 0 Å². The summed E-state index contributed by atoms with van der Waals surface area (Å²) >= 11 is 0. The van der Waals surface area contributed by atoms with Gasteiger partial charge in [-0.05, 0) is 67.1 Å². The first-order valence-electron chi connectivity index (χ1n) is 25.3. The lowest BCUT2D eigenvalue weighted by atomic mass is 9.84. The Morgan fingerprint density at radius 1 is 0.362 bits per heavy atom. The summed E-state index contributed by atoms with van der Waals surface area (Å²) in [5.74, 6) is -0.424. The number of hydrogen-bond donors (Lipinski definition) is 0. The van der Waals surface area contributed by atoms with Gasteiger partial charge in [-0.25, -0.2) is 0 Å². The van der Waals surface area contributed by atoms with Gasteiger partial charge in [0.2, 0.25) is 0 Å². The van der Waals surface area contributed by atoms with Crippen LogP contribution in [0.1, 0.15) is 30.2 Å². The molecular weight excluding hydrogens is 569 g/mol. The van der Waals surface area contributed by atoms with E-state index in [2.05, 4.69) is 0 Å². The minimum absolute atomic E-state index is 0.0282. The third kappa shape index (κ3) is 4.56. The molecule has 9 rings (SSSR count). The van der Waals surface area contributed by atoms with Crippen molar-refractivity contribution in [3.05, 3.63) is 181 Å². The third-order valence-electron chi connectivity index (χ3n) is 7.83. The van der Waals surface area contributed by atoms with Crippen molar-refractivity contribution in [2.75, 3.05) is 0 Å². The molecule has 0 spiro atoms. The van der Waals surface area contributed by atoms with E-state index in [4.69, 9.17) is 26.3 Å². The summed E-state index contributed by atoms with van der Waals surface area (Å²) in [6.07, 6.45) is 0. The highest BCUT2D eigenvalue weighted by Crippen LogP contribution is 2.51. The second-order valence-electron chi connectivity index (χ2n) is 10.4. The fourth-order valence-electron chi connectivity index (χ4n) is 5.88. The standard InChI is InChI=1S/C46H30O/c1-4-16-31(17-5-1)34-28-29-42-41(30-34)45(46(47-42)40-27-15-10-22-35(40)32-18-6-2-7-19-32)44-38-25-13-11-23-36(38)43(33-20-8-3-9-21-33)37-24-12-14-26-39(37)44/h1-30H/i1D,3D,4D,5D,8D,9D,10D,11D,12D,13D,14D,15D,16D,17D,20D,21D,22D,23D,24D,25D,26D,27D. The van der Waals surface area contributed by atoms with Crippen molar-refractivity contribution < 1.29 is 34.6 Å². The van der Waals surface area contributed by atoms with Gasteiger partial charge in [0, 0.05) is 22.1 Å². The van der Waals surface area contributed by atoms with Crippen molar-refractivity contribution in [1.29, 1.82) is 0 Å². The molecule has 1 nitrogen and oxygen atoms in total. The molecule has 0 fully saturated rings. The lowest BCUT2D eigenvalue weighted by Crippen LogP contribution is -1.92. The smallest absolute Gasteiger partial charge is 0.143 e. The SMILES string of the molecule is [2H]c1c([2H])c([2H])c(-c2ccc3oc(-c4c([2H])c([2H])c([2H])c([2H])c4-c4ccccc4)c(-c4c5c([2H])c([2H])c([2H])c([2H])c5c(-c5c([2H])c([2H])c([2H])c([2H])c5[2H])c5c([2H])c([2H])c([2H])c([2H])c45)c3c2)c([2H])c1[2H]. The lowest BCUT2D eigenvalue weighted by molar-refractivity contribution is 0.633. The van der Waals surface area contributed by atoms with Gasteiger partial charge in [0.25, 0.3) is 0 Å². The van der Waals surface area contributed by atoms with Crippen LogP contribution in [0, 0.1) is 0 Å². The second-order valence-corrected chi connectivity index (χ2v) is 10.4. The monoisotopic (exact) mass is 620 g/mol. The van der Waals surface area contributed by atoms with Crippen LogP contribution in [-0.2, 0) is 0 Å². The first-order valence-corrected chi connectivity index (χ1v) is 14.3. The maximum Gasteiger partial charge on any atom is 0.143 e. The summed E-state index contributed by atoms with van der Waals surface area (Å²) in [7, 11) is 0. The Kier molecular flexibility index (Phi) is 3.11. The normalized spacial score (nSPS) is 18.0. The van der Waals surface area contributed by atoms with E-state index in [-0.39, 0.29) is 44.3 Å². The molecule has 0 bridgehead atoms. The maximum atomic E-state index is 9.61. The molecule has 1 heteroatoms. The molecule has 220 valence electrons. The first-order chi connectivity index (χ1) is 32.5. The quantitative estimate of drug-likeness (QED) is 0.174. The minimum Gasteiger partial charge on any atom is -0.455 e. The number of rotatable bonds is 5. The van der Waals surface area contributed by atoms with Crippen molar-refractivity contribution in [1.82, 2.24) is 0 Å². The molecule has 0 saturated heterocycles.